The molecule has 0 bridgehead atoms. The molecule has 0 spiro atoms. The van der Waals surface area contributed by atoms with Gasteiger partial charge in [-0.05, 0) is 36.1 Å². The Bertz CT molecular complexity index is 733. The average molecular weight is 476 g/mol. The van der Waals surface area contributed by atoms with Gasteiger partial charge in [-0.15, -0.1) is 0 Å². The number of thioether (sulfide) groups is 1. The molecule has 0 saturated carbocycles. The molecule has 33 heavy (non-hydrogen) atoms. The number of nitrogen functional groups attached to an aromatic ring is 1. The van der Waals surface area contributed by atoms with Crippen LogP contribution >= 0.6 is 11.8 Å². The first-order valence-electron chi connectivity index (χ1n) is 13.7. The van der Waals surface area contributed by atoms with Crippen LogP contribution in [0.1, 0.15) is 122 Å². The second-order valence-electron chi connectivity index (χ2n) is 9.59. The molecule has 0 aliphatic rings. The number of nitrogens with zero attached hydrogens (tertiary/aromatic N) is 2. The first-order valence-corrected chi connectivity index (χ1v) is 14.9. The highest BCUT2D eigenvalue weighted by Gasteiger charge is 2.11. The van der Waals surface area contributed by atoms with Crippen LogP contribution in [0, 0.1) is 0 Å². The second-order valence-corrected chi connectivity index (χ2v) is 10.8. The molecule has 0 radical (unpaired) electrons. The van der Waals surface area contributed by atoms with E-state index in [0.717, 1.165) is 28.8 Å². The van der Waals surface area contributed by atoms with Gasteiger partial charge in [-0.1, -0.05) is 103 Å². The van der Waals surface area contributed by atoms with Crippen molar-refractivity contribution in [2.45, 2.75) is 122 Å². The van der Waals surface area contributed by atoms with E-state index in [-0.39, 0.29) is 0 Å². The lowest BCUT2D eigenvalue weighted by atomic mass is 10.0. The summed E-state index contributed by atoms with van der Waals surface area (Å²) in [4.78, 5) is 0. The molecule has 1 heterocycles. The summed E-state index contributed by atoms with van der Waals surface area (Å²) in [5, 5.41) is 15.8. The topological polar surface area (TPSA) is 64.1 Å². The molecule has 1 aromatic heterocycles. The maximum atomic E-state index is 10.5. The summed E-state index contributed by atoms with van der Waals surface area (Å²) in [6.07, 6.45) is 24.6. The van der Waals surface area contributed by atoms with Gasteiger partial charge in [0.05, 0.1) is 11.7 Å². The molecule has 4 nitrogen and oxygen atoms in total. The summed E-state index contributed by atoms with van der Waals surface area (Å²) in [7, 11) is 0. The number of hydrogen-bond donors (Lipinski definition) is 2. The van der Waals surface area contributed by atoms with Crippen molar-refractivity contribution in [3.05, 3.63) is 24.4 Å². The quantitative estimate of drug-likeness (QED) is 0.140. The van der Waals surface area contributed by atoms with Crippen LogP contribution in [0.15, 0.2) is 24.4 Å². The van der Waals surface area contributed by atoms with Crippen molar-refractivity contribution >= 4 is 28.4 Å². The van der Waals surface area contributed by atoms with E-state index >= 15 is 0 Å². The van der Waals surface area contributed by atoms with Gasteiger partial charge in [0.15, 0.2) is 0 Å². The summed E-state index contributed by atoms with van der Waals surface area (Å²) >= 11 is 1.95. The minimum absolute atomic E-state index is 0.565. The van der Waals surface area contributed by atoms with E-state index in [1.165, 1.54) is 108 Å². The van der Waals surface area contributed by atoms with Crippen molar-refractivity contribution in [3.63, 3.8) is 0 Å². The lowest BCUT2D eigenvalue weighted by molar-refractivity contribution is 0.0927. The fraction of sp³-hybridized carbons (Fsp3) is 0.750. The monoisotopic (exact) mass is 475 g/mol. The third-order valence-corrected chi connectivity index (χ3v) is 7.67. The second kappa shape index (κ2) is 18.2. The minimum Gasteiger partial charge on any atom is -0.399 e. The van der Waals surface area contributed by atoms with Gasteiger partial charge in [0, 0.05) is 17.5 Å². The number of aliphatic hydroxyl groups is 1. The van der Waals surface area contributed by atoms with Gasteiger partial charge in [-0.25, -0.2) is 4.68 Å². The fourth-order valence-corrected chi connectivity index (χ4v) is 5.46. The van der Waals surface area contributed by atoms with Crippen LogP contribution in [0.3, 0.4) is 0 Å². The van der Waals surface area contributed by atoms with Gasteiger partial charge in [-0.2, -0.15) is 16.9 Å². The number of aromatic nitrogens is 2. The van der Waals surface area contributed by atoms with Crippen LogP contribution in [0.2, 0.25) is 0 Å². The van der Waals surface area contributed by atoms with Crippen molar-refractivity contribution in [2.24, 2.45) is 0 Å². The SMILES string of the molecule is CCCCCCCCCCCCCCCCCCSCCC(O)n1ncc2cc(N)ccc21. The predicted octanol–water partition coefficient (Wildman–Crippen LogP) is 8.49. The van der Waals surface area contributed by atoms with Gasteiger partial charge in [0.1, 0.15) is 6.23 Å². The third-order valence-electron chi connectivity index (χ3n) is 6.56. The Labute approximate surface area is 207 Å². The standard InChI is InChI=1S/C28H49N3OS/c1-2-3-4-5-6-7-8-9-10-11-12-13-14-15-16-17-21-33-22-20-28(32)31-27-19-18-26(29)23-25(27)24-30-31/h18-19,23-24,28,32H,2-17,20-22,29H2,1H3. The molecule has 188 valence electrons. The van der Waals surface area contributed by atoms with Crippen LogP contribution in [-0.2, 0) is 0 Å². The Morgan fingerprint density at radius 1 is 0.818 bits per heavy atom. The first-order chi connectivity index (χ1) is 16.2. The Kier molecular flexibility index (Phi) is 15.4. The molecule has 1 unspecified atom stereocenters. The van der Waals surface area contributed by atoms with Crippen LogP contribution in [-0.4, -0.2) is 26.4 Å². The summed E-state index contributed by atoms with van der Waals surface area (Å²) < 4.78 is 1.71. The molecule has 1 atom stereocenters. The van der Waals surface area contributed by atoms with Crippen molar-refractivity contribution in [1.29, 1.82) is 0 Å². The Morgan fingerprint density at radius 2 is 1.36 bits per heavy atom. The third kappa shape index (κ3) is 12.2. The normalized spacial score (nSPS) is 12.5. The van der Waals surface area contributed by atoms with Crippen LogP contribution in [0.4, 0.5) is 5.69 Å². The summed E-state index contributed by atoms with van der Waals surface area (Å²) in [6.45, 7) is 2.29. The minimum atomic E-state index is -0.565. The molecular formula is C28H49N3OS. The summed E-state index contributed by atoms with van der Waals surface area (Å²) in [5.41, 5.74) is 7.49. The van der Waals surface area contributed by atoms with Crippen molar-refractivity contribution in [1.82, 2.24) is 9.78 Å². The van der Waals surface area contributed by atoms with E-state index in [1.807, 2.05) is 30.0 Å². The predicted molar refractivity (Wildman–Crippen MR) is 147 cm³/mol. The molecule has 0 saturated heterocycles. The molecule has 3 N–H and O–H groups in total. The maximum absolute atomic E-state index is 10.5. The molecule has 1 aromatic carbocycles. The summed E-state index contributed by atoms with van der Waals surface area (Å²) in [6, 6.07) is 5.70. The van der Waals surface area contributed by atoms with Gasteiger partial charge in [0.25, 0.3) is 0 Å². The number of nitrogens with two attached hydrogens (primary N) is 1. The average Bonchev–Trinajstić information content (AvgIpc) is 3.23. The maximum Gasteiger partial charge on any atom is 0.148 e. The van der Waals surface area contributed by atoms with E-state index in [2.05, 4.69) is 12.0 Å². The zero-order valence-corrected chi connectivity index (χ0v) is 22.0. The lowest BCUT2D eigenvalue weighted by Gasteiger charge is -2.12. The first kappa shape index (κ1) is 28.0. The van der Waals surface area contributed by atoms with Crippen LogP contribution < -0.4 is 5.73 Å². The Hall–Kier alpha value is -1.20. The zero-order chi connectivity index (χ0) is 23.6. The number of benzene rings is 1. The number of aliphatic hydroxyl groups excluding tert-OH is 1. The van der Waals surface area contributed by atoms with E-state index < -0.39 is 6.23 Å². The van der Waals surface area contributed by atoms with Crippen molar-refractivity contribution < 1.29 is 5.11 Å². The molecule has 0 amide bonds. The highest BCUT2D eigenvalue weighted by molar-refractivity contribution is 7.99. The Morgan fingerprint density at radius 3 is 1.94 bits per heavy atom. The highest BCUT2D eigenvalue weighted by atomic mass is 32.2. The van der Waals surface area contributed by atoms with Gasteiger partial charge < -0.3 is 10.8 Å². The van der Waals surface area contributed by atoms with E-state index in [9.17, 15) is 5.11 Å². The lowest BCUT2D eigenvalue weighted by Crippen LogP contribution is -2.10. The van der Waals surface area contributed by atoms with Gasteiger partial charge >= 0.3 is 0 Å². The zero-order valence-electron chi connectivity index (χ0n) is 21.1. The smallest absolute Gasteiger partial charge is 0.148 e. The largest absolute Gasteiger partial charge is 0.399 e. The molecule has 0 aliphatic carbocycles. The van der Waals surface area contributed by atoms with E-state index in [4.69, 9.17) is 5.73 Å². The Balaban J connectivity index is 1.33. The van der Waals surface area contributed by atoms with E-state index in [1.54, 1.807) is 10.9 Å². The fourth-order valence-electron chi connectivity index (χ4n) is 4.47. The van der Waals surface area contributed by atoms with Crippen molar-refractivity contribution in [2.75, 3.05) is 17.2 Å². The molecule has 5 heteroatoms. The molecule has 0 fully saturated rings. The molecule has 0 aliphatic heterocycles. The number of unbranched alkanes of at least 4 members (excludes halogenated alkanes) is 15. The molecule has 2 rings (SSSR count). The van der Waals surface area contributed by atoms with Gasteiger partial charge in [0.2, 0.25) is 0 Å². The van der Waals surface area contributed by atoms with Crippen LogP contribution in [0.25, 0.3) is 10.9 Å². The van der Waals surface area contributed by atoms with Gasteiger partial charge in [-0.3, -0.25) is 0 Å². The summed E-state index contributed by atoms with van der Waals surface area (Å²) in [5.74, 6) is 2.16. The molecular weight excluding hydrogens is 426 g/mol. The highest BCUT2D eigenvalue weighted by Crippen LogP contribution is 2.22. The van der Waals surface area contributed by atoms with E-state index in [0.29, 0.717) is 0 Å². The number of fused-ring (bicyclic) bond motifs is 1. The number of rotatable bonds is 21. The van der Waals surface area contributed by atoms with Crippen molar-refractivity contribution in [3.8, 4) is 0 Å². The van der Waals surface area contributed by atoms with Crippen LogP contribution in [0.5, 0.6) is 0 Å². The molecule has 2 aromatic rings. The number of anilines is 1. The number of hydrogen-bond acceptors (Lipinski definition) is 4.